The number of carboxylic acids is 1. The minimum Gasteiger partial charge on any atom is -0.480 e. The van der Waals surface area contributed by atoms with E-state index in [4.69, 9.17) is 19.7 Å². The molecule has 4 N–H and O–H groups in total. The Kier molecular flexibility index (Phi) is 11.0. The number of hydrogen-bond acceptors (Lipinski definition) is 9. The summed E-state index contributed by atoms with van der Waals surface area (Å²) in [5, 5.41) is 21.3. The van der Waals surface area contributed by atoms with Gasteiger partial charge in [0.2, 0.25) is 5.91 Å². The molecule has 2 heterocycles. The molecule has 12 heteroatoms. The smallest absolute Gasteiger partial charge is 0.337 e. The number of nitrogens with zero attached hydrogens (tertiary/aromatic N) is 3. The molecule has 45 heavy (non-hydrogen) atoms. The number of nitrogens with one attached hydrogen (secondary N) is 2. The Hall–Kier alpha value is -5.04. The molecular formula is C33H37N5O7. The van der Waals surface area contributed by atoms with E-state index in [2.05, 4.69) is 27.5 Å². The number of carbonyl (C=O) groups excluding carboxylic acids is 3. The van der Waals surface area contributed by atoms with Crippen molar-refractivity contribution in [3.05, 3.63) is 89.5 Å². The van der Waals surface area contributed by atoms with E-state index in [9.17, 15) is 14.4 Å². The number of methoxy groups -OCH3 is 1. The van der Waals surface area contributed by atoms with Crippen molar-refractivity contribution in [2.75, 3.05) is 76.1 Å². The molecule has 3 aromatic carbocycles. The van der Waals surface area contributed by atoms with Gasteiger partial charge in [0.1, 0.15) is 6.61 Å². The van der Waals surface area contributed by atoms with Crippen LogP contribution in [0.25, 0.3) is 11.3 Å². The minimum atomic E-state index is -1.19. The number of aliphatic carboxylic acids is 1. The van der Waals surface area contributed by atoms with Crippen LogP contribution in [0.4, 0.5) is 17.1 Å². The SMILES string of the molecule is COC(=O)c1ccc2c(c1)NC(=O)C2=C(Nc1ccc(N(C)C(=O)CN2CCN(C)CC2)cc1)c1ccccc1.O=C(O)CO. The molecule has 5 rings (SSSR count). The van der Waals surface area contributed by atoms with Gasteiger partial charge in [0.15, 0.2) is 0 Å². The van der Waals surface area contributed by atoms with Crippen LogP contribution in [0.1, 0.15) is 21.5 Å². The number of likely N-dealkylation sites (N-methyl/N-ethyl adjacent to an activating group) is 2. The summed E-state index contributed by atoms with van der Waals surface area (Å²) in [4.78, 5) is 53.4. The van der Waals surface area contributed by atoms with Crippen LogP contribution >= 0.6 is 0 Å². The second-order valence-corrected chi connectivity index (χ2v) is 10.6. The maximum absolute atomic E-state index is 13.2. The van der Waals surface area contributed by atoms with Crippen molar-refractivity contribution in [1.29, 1.82) is 0 Å². The second-order valence-electron chi connectivity index (χ2n) is 10.6. The molecule has 0 atom stereocenters. The van der Waals surface area contributed by atoms with E-state index >= 15 is 0 Å². The number of rotatable bonds is 8. The fraction of sp³-hybridized carbons (Fsp3) is 0.273. The van der Waals surface area contributed by atoms with Gasteiger partial charge in [-0.3, -0.25) is 14.5 Å². The fourth-order valence-corrected chi connectivity index (χ4v) is 4.91. The number of piperazine rings is 1. The number of anilines is 3. The maximum atomic E-state index is 13.2. The third kappa shape index (κ3) is 8.32. The fourth-order valence-electron chi connectivity index (χ4n) is 4.91. The lowest BCUT2D eigenvalue weighted by Gasteiger charge is -2.32. The van der Waals surface area contributed by atoms with Crippen molar-refractivity contribution in [3.8, 4) is 0 Å². The summed E-state index contributed by atoms with van der Waals surface area (Å²) in [5.74, 6) is -1.88. The summed E-state index contributed by atoms with van der Waals surface area (Å²) >= 11 is 0. The number of esters is 1. The zero-order valence-corrected chi connectivity index (χ0v) is 25.4. The molecule has 0 spiro atoms. The number of amides is 2. The highest BCUT2D eigenvalue weighted by Gasteiger charge is 2.29. The van der Waals surface area contributed by atoms with E-state index < -0.39 is 18.5 Å². The van der Waals surface area contributed by atoms with E-state index in [1.54, 1.807) is 30.1 Å². The first-order valence-corrected chi connectivity index (χ1v) is 14.3. The Labute approximate surface area is 261 Å². The molecule has 236 valence electrons. The first-order chi connectivity index (χ1) is 21.6. The highest BCUT2D eigenvalue weighted by Crippen LogP contribution is 2.38. The lowest BCUT2D eigenvalue weighted by molar-refractivity contribution is -0.140. The molecule has 1 saturated heterocycles. The minimum absolute atomic E-state index is 0.0444. The topological polar surface area (TPSA) is 152 Å². The van der Waals surface area contributed by atoms with Crippen molar-refractivity contribution in [2.45, 2.75) is 0 Å². The quantitative estimate of drug-likeness (QED) is 0.220. The van der Waals surface area contributed by atoms with E-state index in [-0.39, 0.29) is 11.8 Å². The molecule has 0 radical (unpaired) electrons. The molecule has 0 aliphatic carbocycles. The van der Waals surface area contributed by atoms with Crippen LogP contribution in [-0.2, 0) is 19.1 Å². The van der Waals surface area contributed by atoms with Crippen LogP contribution in [-0.4, -0.2) is 104 Å². The van der Waals surface area contributed by atoms with Crippen LogP contribution in [0.15, 0.2) is 72.8 Å². The largest absolute Gasteiger partial charge is 0.480 e. The Morgan fingerprint density at radius 3 is 2.20 bits per heavy atom. The molecule has 0 aromatic heterocycles. The van der Waals surface area contributed by atoms with E-state index in [0.717, 1.165) is 43.1 Å². The molecule has 2 amide bonds. The highest BCUT2D eigenvalue weighted by atomic mass is 16.5. The van der Waals surface area contributed by atoms with Crippen molar-refractivity contribution < 1.29 is 34.1 Å². The average Bonchev–Trinajstić information content (AvgIpc) is 3.39. The van der Waals surface area contributed by atoms with Crippen molar-refractivity contribution in [2.24, 2.45) is 0 Å². The predicted molar refractivity (Wildman–Crippen MR) is 172 cm³/mol. The molecule has 3 aromatic rings. The zero-order chi connectivity index (χ0) is 32.5. The monoisotopic (exact) mass is 615 g/mol. The van der Waals surface area contributed by atoms with Gasteiger partial charge < -0.3 is 35.4 Å². The Morgan fingerprint density at radius 1 is 0.956 bits per heavy atom. The van der Waals surface area contributed by atoms with Gasteiger partial charge in [0, 0.05) is 50.2 Å². The van der Waals surface area contributed by atoms with Crippen LogP contribution in [0.3, 0.4) is 0 Å². The van der Waals surface area contributed by atoms with E-state index in [0.29, 0.717) is 34.6 Å². The summed E-state index contributed by atoms with van der Waals surface area (Å²) in [7, 11) is 5.21. The maximum Gasteiger partial charge on any atom is 0.337 e. The van der Waals surface area contributed by atoms with Crippen LogP contribution in [0.2, 0.25) is 0 Å². The average molecular weight is 616 g/mol. The summed E-state index contributed by atoms with van der Waals surface area (Å²) in [6.45, 7) is 3.31. The van der Waals surface area contributed by atoms with Crippen molar-refractivity contribution >= 4 is 52.1 Å². The summed E-state index contributed by atoms with van der Waals surface area (Å²) in [6.07, 6.45) is 0. The summed E-state index contributed by atoms with van der Waals surface area (Å²) < 4.78 is 4.82. The third-order valence-electron chi connectivity index (χ3n) is 7.49. The number of benzene rings is 3. The number of carbonyl (C=O) groups is 4. The zero-order valence-electron chi connectivity index (χ0n) is 25.4. The number of fused-ring (bicyclic) bond motifs is 1. The molecule has 0 bridgehead atoms. The van der Waals surface area contributed by atoms with Gasteiger partial charge in [-0.15, -0.1) is 0 Å². The van der Waals surface area contributed by atoms with Gasteiger partial charge in [-0.1, -0.05) is 36.4 Å². The highest BCUT2D eigenvalue weighted by molar-refractivity contribution is 6.37. The standard InChI is InChI=1S/C31H33N5O4.C2H4O3/c1-34-15-17-36(18-16-34)20-27(37)35(2)24-12-10-23(11-13-24)32-29(21-7-5-4-6-8-21)28-25-14-9-22(31(39)40-3)19-26(25)33-30(28)38;3-1-2(4)5/h4-14,19,32H,15-18,20H2,1-3H3,(H,33,38);3H,1H2,(H,4,5). The van der Waals surface area contributed by atoms with Crippen LogP contribution in [0, 0.1) is 0 Å². The molecule has 2 aliphatic heterocycles. The summed E-state index contributed by atoms with van der Waals surface area (Å²) in [5.41, 5.74) is 5.10. The predicted octanol–water partition coefficient (Wildman–Crippen LogP) is 2.68. The van der Waals surface area contributed by atoms with E-state index in [1.807, 2.05) is 54.6 Å². The third-order valence-corrected chi connectivity index (χ3v) is 7.49. The van der Waals surface area contributed by atoms with E-state index in [1.165, 1.54) is 7.11 Å². The first-order valence-electron chi connectivity index (χ1n) is 14.3. The second kappa shape index (κ2) is 15.1. The molecule has 0 unspecified atom stereocenters. The van der Waals surface area contributed by atoms with Gasteiger partial charge in [-0.2, -0.15) is 0 Å². The first kappa shape index (κ1) is 32.9. The van der Waals surface area contributed by atoms with Crippen LogP contribution in [0.5, 0.6) is 0 Å². The molecule has 2 aliphatic rings. The molecule has 1 fully saturated rings. The number of ether oxygens (including phenoxy) is 1. The number of carboxylic acid groups (broad SMARTS) is 1. The molecular weight excluding hydrogens is 578 g/mol. The number of hydrogen-bond donors (Lipinski definition) is 4. The lowest BCUT2D eigenvalue weighted by Crippen LogP contribution is -2.48. The number of aliphatic hydroxyl groups is 1. The normalized spacial score (nSPS) is 15.6. The lowest BCUT2D eigenvalue weighted by atomic mass is 9.99. The van der Waals surface area contributed by atoms with Crippen LogP contribution < -0.4 is 15.5 Å². The number of aliphatic hydroxyl groups excluding tert-OH is 1. The van der Waals surface area contributed by atoms with Gasteiger partial charge in [0.05, 0.1) is 36.2 Å². The van der Waals surface area contributed by atoms with Gasteiger partial charge in [-0.25, -0.2) is 9.59 Å². The Balaban J connectivity index is 0.000000854. The molecule has 12 nitrogen and oxygen atoms in total. The van der Waals surface area contributed by atoms with Crippen molar-refractivity contribution in [3.63, 3.8) is 0 Å². The Morgan fingerprint density at radius 2 is 1.60 bits per heavy atom. The van der Waals surface area contributed by atoms with Crippen molar-refractivity contribution in [1.82, 2.24) is 9.80 Å². The van der Waals surface area contributed by atoms with Gasteiger partial charge in [-0.05, 0) is 49.0 Å². The van der Waals surface area contributed by atoms with Gasteiger partial charge >= 0.3 is 11.9 Å². The van der Waals surface area contributed by atoms with Gasteiger partial charge in [0.25, 0.3) is 5.91 Å². The summed E-state index contributed by atoms with van der Waals surface area (Å²) in [6, 6.07) is 22.2. The molecule has 0 saturated carbocycles. The Bertz CT molecular complexity index is 1570.